The molecule has 0 N–H and O–H groups in total. The van der Waals surface area contributed by atoms with E-state index in [4.69, 9.17) is 0 Å². The van der Waals surface area contributed by atoms with Crippen molar-refractivity contribution >= 4 is 20.9 Å². The number of hydrogen-bond donors (Lipinski definition) is 0. The summed E-state index contributed by atoms with van der Waals surface area (Å²) in [6, 6.07) is 10.7. The summed E-state index contributed by atoms with van der Waals surface area (Å²) in [5.41, 5.74) is 2.60. The van der Waals surface area contributed by atoms with Gasteiger partial charge in [0, 0.05) is 24.8 Å². The standard InChI is InChI=1S/C16H16N2O2S/c1-12-3-5-15(6-4-12)21(19,20)11-13-9-14-7-8-18(2)16(14)17-10-13/h3-10H,11H2,1-2H3. The van der Waals surface area contributed by atoms with Crippen LogP contribution < -0.4 is 0 Å². The third-order valence-corrected chi connectivity index (χ3v) is 5.20. The Morgan fingerprint density at radius 3 is 2.57 bits per heavy atom. The van der Waals surface area contributed by atoms with Crippen molar-refractivity contribution in [2.45, 2.75) is 17.6 Å². The second-order valence-corrected chi connectivity index (χ2v) is 7.24. The zero-order chi connectivity index (χ0) is 15.0. The molecule has 2 heterocycles. The van der Waals surface area contributed by atoms with Gasteiger partial charge in [0.25, 0.3) is 0 Å². The van der Waals surface area contributed by atoms with Gasteiger partial charge in [-0.15, -0.1) is 0 Å². The first kappa shape index (κ1) is 13.8. The Labute approximate surface area is 124 Å². The number of fused-ring (bicyclic) bond motifs is 1. The largest absolute Gasteiger partial charge is 0.336 e. The first-order valence-corrected chi connectivity index (χ1v) is 8.30. The van der Waals surface area contributed by atoms with E-state index in [9.17, 15) is 8.42 Å². The maximum atomic E-state index is 12.4. The van der Waals surface area contributed by atoms with Crippen LogP contribution in [0.2, 0.25) is 0 Å². The molecule has 0 spiro atoms. The van der Waals surface area contributed by atoms with Crippen LogP contribution in [0.3, 0.4) is 0 Å². The summed E-state index contributed by atoms with van der Waals surface area (Å²) in [4.78, 5) is 4.68. The molecule has 0 aliphatic carbocycles. The van der Waals surface area contributed by atoms with Gasteiger partial charge in [-0.05, 0) is 36.8 Å². The molecule has 0 saturated heterocycles. The summed E-state index contributed by atoms with van der Waals surface area (Å²) in [5.74, 6) is -0.0338. The highest BCUT2D eigenvalue weighted by Gasteiger charge is 2.16. The molecular formula is C16H16N2O2S. The fourth-order valence-corrected chi connectivity index (χ4v) is 3.64. The number of sulfone groups is 1. The summed E-state index contributed by atoms with van der Waals surface area (Å²) in [5, 5.41) is 0.953. The Balaban J connectivity index is 1.95. The van der Waals surface area contributed by atoms with Gasteiger partial charge in [0.1, 0.15) is 5.65 Å². The summed E-state index contributed by atoms with van der Waals surface area (Å²) in [6.07, 6.45) is 3.55. The van der Waals surface area contributed by atoms with Crippen LogP contribution in [0.1, 0.15) is 11.1 Å². The Morgan fingerprint density at radius 1 is 1.14 bits per heavy atom. The summed E-state index contributed by atoms with van der Waals surface area (Å²) >= 11 is 0. The van der Waals surface area contributed by atoms with Gasteiger partial charge in [-0.1, -0.05) is 17.7 Å². The van der Waals surface area contributed by atoms with Gasteiger partial charge < -0.3 is 4.57 Å². The van der Waals surface area contributed by atoms with Crippen LogP contribution in [0.4, 0.5) is 0 Å². The number of benzene rings is 1. The van der Waals surface area contributed by atoms with Crippen molar-refractivity contribution in [1.82, 2.24) is 9.55 Å². The number of nitrogens with zero attached hydrogens (tertiary/aromatic N) is 2. The molecule has 3 rings (SSSR count). The zero-order valence-electron chi connectivity index (χ0n) is 11.9. The lowest BCUT2D eigenvalue weighted by atomic mass is 10.2. The summed E-state index contributed by atoms with van der Waals surface area (Å²) < 4.78 is 26.8. The molecule has 0 unspecified atom stereocenters. The van der Waals surface area contributed by atoms with E-state index < -0.39 is 9.84 Å². The fraction of sp³-hybridized carbons (Fsp3) is 0.188. The number of aryl methyl sites for hydroxylation is 2. The lowest BCUT2D eigenvalue weighted by Crippen LogP contribution is -2.05. The third-order valence-electron chi connectivity index (χ3n) is 3.50. The van der Waals surface area contributed by atoms with Gasteiger partial charge in [0.15, 0.2) is 9.84 Å². The predicted molar refractivity (Wildman–Crippen MR) is 82.8 cm³/mol. The molecule has 0 radical (unpaired) electrons. The van der Waals surface area contributed by atoms with Crippen LogP contribution in [0.15, 0.2) is 53.7 Å². The second kappa shape index (κ2) is 5.00. The van der Waals surface area contributed by atoms with Crippen LogP contribution in [-0.2, 0) is 22.6 Å². The molecule has 108 valence electrons. The lowest BCUT2D eigenvalue weighted by molar-refractivity contribution is 0.595. The van der Waals surface area contributed by atoms with Crippen molar-refractivity contribution in [2.24, 2.45) is 7.05 Å². The van der Waals surface area contributed by atoms with E-state index in [1.54, 1.807) is 18.3 Å². The number of hydrogen-bond acceptors (Lipinski definition) is 3. The maximum Gasteiger partial charge on any atom is 0.182 e. The first-order chi connectivity index (χ1) is 9.95. The zero-order valence-corrected chi connectivity index (χ0v) is 12.8. The van der Waals surface area contributed by atoms with E-state index in [2.05, 4.69) is 4.98 Å². The topological polar surface area (TPSA) is 52.0 Å². The Bertz CT molecular complexity index is 894. The Kier molecular flexibility index (Phi) is 3.29. The highest BCUT2D eigenvalue weighted by molar-refractivity contribution is 7.90. The molecule has 0 saturated carbocycles. The minimum Gasteiger partial charge on any atom is -0.336 e. The minimum absolute atomic E-state index is 0.0338. The van der Waals surface area contributed by atoms with Crippen molar-refractivity contribution in [3.8, 4) is 0 Å². The highest BCUT2D eigenvalue weighted by atomic mass is 32.2. The molecule has 4 nitrogen and oxygen atoms in total. The van der Waals surface area contributed by atoms with E-state index in [0.717, 1.165) is 16.6 Å². The van der Waals surface area contributed by atoms with E-state index in [-0.39, 0.29) is 5.75 Å². The van der Waals surface area contributed by atoms with Crippen LogP contribution >= 0.6 is 0 Å². The number of pyridine rings is 1. The molecule has 2 aromatic heterocycles. The number of rotatable bonds is 3. The van der Waals surface area contributed by atoms with Crippen LogP contribution in [-0.4, -0.2) is 18.0 Å². The van der Waals surface area contributed by atoms with E-state index in [1.165, 1.54) is 0 Å². The smallest absolute Gasteiger partial charge is 0.182 e. The quantitative estimate of drug-likeness (QED) is 0.747. The van der Waals surface area contributed by atoms with E-state index in [0.29, 0.717) is 10.5 Å². The minimum atomic E-state index is -3.34. The molecule has 0 bridgehead atoms. The van der Waals surface area contributed by atoms with Gasteiger partial charge >= 0.3 is 0 Å². The third kappa shape index (κ3) is 2.69. The van der Waals surface area contributed by atoms with Crippen molar-refractivity contribution in [3.05, 3.63) is 59.9 Å². The predicted octanol–water partition coefficient (Wildman–Crippen LogP) is 2.86. The van der Waals surface area contributed by atoms with Crippen molar-refractivity contribution in [2.75, 3.05) is 0 Å². The molecule has 0 fully saturated rings. The van der Waals surface area contributed by atoms with Crippen molar-refractivity contribution < 1.29 is 8.42 Å². The fourth-order valence-electron chi connectivity index (χ4n) is 2.33. The maximum absolute atomic E-state index is 12.4. The average molecular weight is 300 g/mol. The van der Waals surface area contributed by atoms with Gasteiger partial charge in [-0.25, -0.2) is 13.4 Å². The average Bonchev–Trinajstić information content (AvgIpc) is 2.80. The van der Waals surface area contributed by atoms with Crippen LogP contribution in [0.25, 0.3) is 11.0 Å². The van der Waals surface area contributed by atoms with Crippen LogP contribution in [0, 0.1) is 6.92 Å². The van der Waals surface area contributed by atoms with Crippen molar-refractivity contribution in [3.63, 3.8) is 0 Å². The van der Waals surface area contributed by atoms with E-state index in [1.807, 2.05) is 49.0 Å². The molecular weight excluding hydrogens is 284 g/mol. The van der Waals surface area contributed by atoms with Gasteiger partial charge in [-0.2, -0.15) is 0 Å². The second-order valence-electron chi connectivity index (χ2n) is 5.26. The SMILES string of the molecule is Cc1ccc(S(=O)(=O)Cc2cnc3c(ccn3C)c2)cc1. The van der Waals surface area contributed by atoms with Crippen LogP contribution in [0.5, 0.6) is 0 Å². The van der Waals surface area contributed by atoms with Gasteiger partial charge in [0.05, 0.1) is 10.6 Å². The first-order valence-electron chi connectivity index (χ1n) is 6.65. The molecule has 0 atom stereocenters. The van der Waals surface area contributed by atoms with Crippen molar-refractivity contribution in [1.29, 1.82) is 0 Å². The van der Waals surface area contributed by atoms with Gasteiger partial charge in [-0.3, -0.25) is 0 Å². The molecule has 0 amide bonds. The summed E-state index contributed by atoms with van der Waals surface area (Å²) in [7, 11) is -1.42. The Hall–Kier alpha value is -2.14. The van der Waals surface area contributed by atoms with Gasteiger partial charge in [0.2, 0.25) is 0 Å². The molecule has 3 aromatic rings. The Morgan fingerprint density at radius 2 is 1.86 bits per heavy atom. The van der Waals surface area contributed by atoms with E-state index >= 15 is 0 Å². The molecule has 5 heteroatoms. The molecule has 0 aliphatic heterocycles. The monoisotopic (exact) mass is 300 g/mol. The number of aromatic nitrogens is 2. The summed E-state index contributed by atoms with van der Waals surface area (Å²) in [6.45, 7) is 1.93. The highest BCUT2D eigenvalue weighted by Crippen LogP contribution is 2.19. The molecule has 1 aromatic carbocycles. The molecule has 0 aliphatic rings. The molecule has 21 heavy (non-hydrogen) atoms. The normalized spacial score (nSPS) is 11.9. The lowest BCUT2D eigenvalue weighted by Gasteiger charge is -2.05.